The van der Waals surface area contributed by atoms with Crippen LogP contribution in [-0.2, 0) is 6.54 Å². The average Bonchev–Trinajstić information content (AvgIpc) is 2.86. The van der Waals surface area contributed by atoms with E-state index >= 15 is 0 Å². The first kappa shape index (κ1) is 12.6. The molecule has 0 amide bonds. The molecule has 2 N–H and O–H groups in total. The van der Waals surface area contributed by atoms with E-state index in [1.807, 2.05) is 30.5 Å². The van der Waals surface area contributed by atoms with Crippen molar-refractivity contribution in [3.05, 3.63) is 51.3 Å². The SMILES string of the molecule is Brc1cnc(CNc2cccc3[nH]ncc23)c(Br)c1. The maximum absolute atomic E-state index is 4.38. The molecule has 2 heterocycles. The summed E-state index contributed by atoms with van der Waals surface area (Å²) in [7, 11) is 0. The van der Waals surface area contributed by atoms with Crippen LogP contribution < -0.4 is 5.32 Å². The minimum Gasteiger partial charge on any atom is -0.379 e. The Hall–Kier alpha value is -1.40. The molecule has 0 radical (unpaired) electrons. The fraction of sp³-hybridized carbons (Fsp3) is 0.0769. The Balaban J connectivity index is 1.84. The van der Waals surface area contributed by atoms with E-state index in [1.165, 1.54) is 0 Å². The highest BCUT2D eigenvalue weighted by Gasteiger charge is 2.05. The molecule has 1 aromatic carbocycles. The number of fused-ring (bicyclic) bond motifs is 1. The molecular weight excluding hydrogens is 372 g/mol. The Morgan fingerprint density at radius 3 is 2.95 bits per heavy atom. The smallest absolute Gasteiger partial charge is 0.0737 e. The fourth-order valence-electron chi connectivity index (χ4n) is 1.87. The first-order valence-electron chi connectivity index (χ1n) is 5.70. The summed E-state index contributed by atoms with van der Waals surface area (Å²) in [6.07, 6.45) is 3.61. The van der Waals surface area contributed by atoms with Crippen LogP contribution in [0.15, 0.2) is 45.6 Å². The van der Waals surface area contributed by atoms with Crippen LogP contribution >= 0.6 is 31.9 Å². The molecule has 4 nitrogen and oxygen atoms in total. The average molecular weight is 382 g/mol. The topological polar surface area (TPSA) is 53.6 Å². The Morgan fingerprint density at radius 2 is 2.11 bits per heavy atom. The van der Waals surface area contributed by atoms with E-state index in [2.05, 4.69) is 52.4 Å². The van der Waals surface area contributed by atoms with Gasteiger partial charge in [-0.05, 0) is 50.1 Å². The Labute approximate surface area is 126 Å². The molecule has 0 aliphatic heterocycles. The maximum Gasteiger partial charge on any atom is 0.0737 e. The van der Waals surface area contributed by atoms with Gasteiger partial charge in [-0.1, -0.05) is 6.07 Å². The standard InChI is InChI=1S/C13H10Br2N4/c14-8-4-10(15)13(16-5-8)7-17-11-2-1-3-12-9(11)6-18-19-12/h1-6,17H,7H2,(H,18,19). The Kier molecular flexibility index (Phi) is 3.52. The molecular formula is C13H10Br2N4. The number of H-pyrrole nitrogens is 1. The summed E-state index contributed by atoms with van der Waals surface area (Å²) in [4.78, 5) is 4.38. The molecule has 3 aromatic rings. The van der Waals surface area contributed by atoms with E-state index in [9.17, 15) is 0 Å². The van der Waals surface area contributed by atoms with Crippen molar-refractivity contribution in [2.45, 2.75) is 6.54 Å². The molecule has 0 saturated heterocycles. The highest BCUT2D eigenvalue weighted by Crippen LogP contribution is 2.24. The quantitative estimate of drug-likeness (QED) is 0.718. The summed E-state index contributed by atoms with van der Waals surface area (Å²) in [5, 5.41) is 11.5. The normalized spacial score (nSPS) is 10.8. The van der Waals surface area contributed by atoms with Crippen molar-refractivity contribution in [1.82, 2.24) is 15.2 Å². The van der Waals surface area contributed by atoms with Gasteiger partial charge in [0.1, 0.15) is 0 Å². The van der Waals surface area contributed by atoms with E-state index in [1.54, 1.807) is 6.20 Å². The summed E-state index contributed by atoms with van der Waals surface area (Å²) < 4.78 is 1.94. The summed E-state index contributed by atoms with van der Waals surface area (Å²) in [5.74, 6) is 0. The fourth-order valence-corrected chi connectivity index (χ4v) is 3.00. The zero-order valence-electron chi connectivity index (χ0n) is 9.82. The number of nitrogens with one attached hydrogen (secondary N) is 2. The van der Waals surface area contributed by atoms with Crippen molar-refractivity contribution in [2.24, 2.45) is 0 Å². The van der Waals surface area contributed by atoms with Crippen molar-refractivity contribution < 1.29 is 0 Å². The molecule has 6 heteroatoms. The van der Waals surface area contributed by atoms with Crippen molar-refractivity contribution >= 4 is 48.5 Å². The Morgan fingerprint density at radius 1 is 1.21 bits per heavy atom. The minimum atomic E-state index is 0.651. The molecule has 0 aliphatic rings. The lowest BCUT2D eigenvalue weighted by atomic mass is 10.2. The molecule has 0 bridgehead atoms. The third-order valence-corrected chi connectivity index (χ3v) is 3.94. The van der Waals surface area contributed by atoms with E-state index in [-0.39, 0.29) is 0 Å². The monoisotopic (exact) mass is 380 g/mol. The number of anilines is 1. The number of halogens is 2. The first-order valence-corrected chi connectivity index (χ1v) is 7.28. The lowest BCUT2D eigenvalue weighted by Crippen LogP contribution is -2.02. The number of pyridine rings is 1. The molecule has 19 heavy (non-hydrogen) atoms. The van der Waals surface area contributed by atoms with Gasteiger partial charge >= 0.3 is 0 Å². The van der Waals surface area contributed by atoms with Gasteiger partial charge in [0.25, 0.3) is 0 Å². The number of nitrogens with zero attached hydrogens (tertiary/aromatic N) is 2. The van der Waals surface area contributed by atoms with Gasteiger partial charge < -0.3 is 5.32 Å². The van der Waals surface area contributed by atoms with Crippen LogP contribution in [0.4, 0.5) is 5.69 Å². The van der Waals surface area contributed by atoms with Crippen molar-refractivity contribution in [3.63, 3.8) is 0 Å². The Bertz CT molecular complexity index is 723. The maximum atomic E-state index is 4.38. The lowest BCUT2D eigenvalue weighted by molar-refractivity contribution is 1.03. The van der Waals surface area contributed by atoms with E-state index in [0.717, 1.165) is 31.2 Å². The highest BCUT2D eigenvalue weighted by atomic mass is 79.9. The highest BCUT2D eigenvalue weighted by molar-refractivity contribution is 9.11. The minimum absolute atomic E-state index is 0.651. The van der Waals surface area contributed by atoms with Gasteiger partial charge in [-0.15, -0.1) is 0 Å². The second-order valence-corrected chi connectivity index (χ2v) is 5.84. The molecule has 0 unspecified atom stereocenters. The zero-order chi connectivity index (χ0) is 13.2. The predicted octanol–water partition coefficient (Wildman–Crippen LogP) is 4.10. The molecule has 0 aliphatic carbocycles. The van der Waals surface area contributed by atoms with Gasteiger partial charge in [0.05, 0.1) is 24.0 Å². The second kappa shape index (κ2) is 5.30. The van der Waals surface area contributed by atoms with Gasteiger partial charge in [-0.3, -0.25) is 10.1 Å². The first-order chi connectivity index (χ1) is 9.24. The number of hydrogen-bond acceptors (Lipinski definition) is 3. The molecule has 96 valence electrons. The third-order valence-electron chi connectivity index (χ3n) is 2.82. The van der Waals surface area contributed by atoms with Crippen molar-refractivity contribution in [3.8, 4) is 0 Å². The zero-order valence-corrected chi connectivity index (χ0v) is 13.0. The molecule has 0 spiro atoms. The number of aromatic nitrogens is 3. The van der Waals surface area contributed by atoms with Crippen LogP contribution in [0.2, 0.25) is 0 Å². The van der Waals surface area contributed by atoms with Gasteiger partial charge in [0.15, 0.2) is 0 Å². The number of benzene rings is 1. The van der Waals surface area contributed by atoms with Crippen molar-refractivity contribution in [2.75, 3.05) is 5.32 Å². The molecule has 3 rings (SSSR count). The van der Waals surface area contributed by atoms with Crippen LogP contribution in [-0.4, -0.2) is 15.2 Å². The van der Waals surface area contributed by atoms with Crippen LogP contribution in [0.1, 0.15) is 5.69 Å². The number of aromatic amines is 1. The van der Waals surface area contributed by atoms with Gasteiger partial charge in [0, 0.05) is 26.2 Å². The van der Waals surface area contributed by atoms with Gasteiger partial charge in [-0.2, -0.15) is 5.10 Å². The van der Waals surface area contributed by atoms with Crippen LogP contribution in [0.25, 0.3) is 10.9 Å². The van der Waals surface area contributed by atoms with E-state index in [4.69, 9.17) is 0 Å². The summed E-state index contributed by atoms with van der Waals surface area (Å²) >= 11 is 6.91. The second-order valence-electron chi connectivity index (χ2n) is 4.07. The van der Waals surface area contributed by atoms with E-state index in [0.29, 0.717) is 6.54 Å². The van der Waals surface area contributed by atoms with Crippen LogP contribution in [0, 0.1) is 0 Å². The molecule has 0 fully saturated rings. The van der Waals surface area contributed by atoms with Gasteiger partial charge in [0.2, 0.25) is 0 Å². The van der Waals surface area contributed by atoms with Crippen LogP contribution in [0.3, 0.4) is 0 Å². The molecule has 0 atom stereocenters. The number of hydrogen-bond donors (Lipinski definition) is 2. The molecule has 2 aromatic heterocycles. The van der Waals surface area contributed by atoms with Crippen molar-refractivity contribution in [1.29, 1.82) is 0 Å². The molecule has 0 saturated carbocycles. The van der Waals surface area contributed by atoms with E-state index < -0.39 is 0 Å². The van der Waals surface area contributed by atoms with Gasteiger partial charge in [-0.25, -0.2) is 0 Å². The summed E-state index contributed by atoms with van der Waals surface area (Å²) in [5.41, 5.74) is 3.03. The third kappa shape index (κ3) is 2.64. The number of rotatable bonds is 3. The summed E-state index contributed by atoms with van der Waals surface area (Å²) in [6.45, 7) is 0.651. The lowest BCUT2D eigenvalue weighted by Gasteiger charge is -2.08. The van der Waals surface area contributed by atoms with Crippen LogP contribution in [0.5, 0.6) is 0 Å². The summed E-state index contributed by atoms with van der Waals surface area (Å²) in [6, 6.07) is 8.02. The predicted molar refractivity (Wildman–Crippen MR) is 83.1 cm³/mol. The largest absolute Gasteiger partial charge is 0.379 e.